The number of nitrogens with one attached hydrogen (secondary N) is 2. The zero-order valence-corrected chi connectivity index (χ0v) is 14.8. The summed E-state index contributed by atoms with van der Waals surface area (Å²) >= 11 is 0. The van der Waals surface area contributed by atoms with Gasteiger partial charge < -0.3 is 24.8 Å². The molecule has 2 aromatic rings. The molecule has 1 aliphatic heterocycles. The molecular formula is C20H24N2O4. The van der Waals surface area contributed by atoms with E-state index in [0.717, 1.165) is 5.56 Å². The van der Waals surface area contributed by atoms with E-state index >= 15 is 0 Å². The van der Waals surface area contributed by atoms with Crippen LogP contribution in [0.4, 0.5) is 10.5 Å². The van der Waals surface area contributed by atoms with E-state index in [1.54, 1.807) is 6.07 Å². The second kappa shape index (κ2) is 9.22. The molecule has 6 heteroatoms. The lowest BCUT2D eigenvalue weighted by atomic mass is 10.2. The lowest BCUT2D eigenvalue weighted by molar-refractivity contribution is 0.0428. The number of hydrogen-bond acceptors (Lipinski definition) is 4. The zero-order chi connectivity index (χ0) is 18.2. The number of hydrogen-bond donors (Lipinski definition) is 2. The molecule has 1 fully saturated rings. The molecule has 2 amide bonds. The number of urea groups is 1. The molecule has 2 atom stereocenters. The van der Waals surface area contributed by atoms with Gasteiger partial charge in [0, 0.05) is 18.4 Å². The third kappa shape index (κ3) is 5.21. The van der Waals surface area contributed by atoms with Gasteiger partial charge in [0.05, 0.1) is 19.3 Å². The van der Waals surface area contributed by atoms with Gasteiger partial charge >= 0.3 is 6.03 Å². The summed E-state index contributed by atoms with van der Waals surface area (Å²) in [5.41, 5.74) is 1.76. The van der Waals surface area contributed by atoms with Crippen LogP contribution in [-0.2, 0) is 16.1 Å². The molecule has 0 aliphatic carbocycles. The van der Waals surface area contributed by atoms with Gasteiger partial charge in [-0.15, -0.1) is 0 Å². The van der Waals surface area contributed by atoms with Crippen molar-refractivity contribution in [2.45, 2.75) is 25.7 Å². The molecule has 0 saturated carbocycles. The summed E-state index contributed by atoms with van der Waals surface area (Å²) in [6.45, 7) is 3.96. The maximum Gasteiger partial charge on any atom is 0.319 e. The smallest absolute Gasteiger partial charge is 0.319 e. The molecule has 1 heterocycles. The van der Waals surface area contributed by atoms with Gasteiger partial charge in [0.1, 0.15) is 18.5 Å². The average Bonchev–Trinajstić information content (AvgIpc) is 3.08. The van der Waals surface area contributed by atoms with Crippen LogP contribution >= 0.6 is 0 Å². The number of anilines is 1. The van der Waals surface area contributed by atoms with Gasteiger partial charge in [0.15, 0.2) is 0 Å². The number of carbonyl (C=O) groups excluding carboxylic acids is 1. The Kier molecular flexibility index (Phi) is 6.46. The summed E-state index contributed by atoms with van der Waals surface area (Å²) in [6, 6.07) is 16.8. The average molecular weight is 356 g/mol. The van der Waals surface area contributed by atoms with Crippen LogP contribution in [0.25, 0.3) is 0 Å². The predicted octanol–water partition coefficient (Wildman–Crippen LogP) is 3.19. The molecule has 0 spiro atoms. The van der Waals surface area contributed by atoms with Gasteiger partial charge in [-0.05, 0) is 24.6 Å². The van der Waals surface area contributed by atoms with E-state index in [9.17, 15) is 4.79 Å². The zero-order valence-electron chi connectivity index (χ0n) is 14.8. The number of amides is 2. The molecule has 2 aromatic carbocycles. The molecule has 1 aliphatic rings. The number of carbonyl (C=O) groups is 1. The molecule has 26 heavy (non-hydrogen) atoms. The highest BCUT2D eigenvalue weighted by Gasteiger charge is 2.30. The second-order valence-electron chi connectivity index (χ2n) is 6.04. The Bertz CT molecular complexity index is 708. The minimum atomic E-state index is -0.287. The monoisotopic (exact) mass is 356 g/mol. The van der Waals surface area contributed by atoms with Gasteiger partial charge in [0.25, 0.3) is 0 Å². The fraction of sp³-hybridized carbons (Fsp3) is 0.350. The maximum atomic E-state index is 12.2. The van der Waals surface area contributed by atoms with Crippen molar-refractivity contribution in [2.75, 3.05) is 25.1 Å². The lowest BCUT2D eigenvalue weighted by Crippen LogP contribution is -2.45. The lowest BCUT2D eigenvalue weighted by Gasteiger charge is -2.19. The highest BCUT2D eigenvalue weighted by atomic mass is 16.5. The van der Waals surface area contributed by atoms with Crippen molar-refractivity contribution < 1.29 is 19.0 Å². The number of benzene rings is 2. The van der Waals surface area contributed by atoms with Crippen molar-refractivity contribution in [2.24, 2.45) is 0 Å². The molecule has 2 N–H and O–H groups in total. The highest BCUT2D eigenvalue weighted by Crippen LogP contribution is 2.19. The highest BCUT2D eigenvalue weighted by molar-refractivity contribution is 5.89. The van der Waals surface area contributed by atoms with Crippen molar-refractivity contribution in [1.29, 1.82) is 0 Å². The van der Waals surface area contributed by atoms with Gasteiger partial charge in [-0.2, -0.15) is 0 Å². The molecule has 0 radical (unpaired) electrons. The molecule has 6 nitrogen and oxygen atoms in total. The Morgan fingerprint density at radius 3 is 2.81 bits per heavy atom. The fourth-order valence-corrected chi connectivity index (χ4v) is 2.79. The summed E-state index contributed by atoms with van der Waals surface area (Å²) in [5, 5.41) is 5.73. The topological polar surface area (TPSA) is 68.8 Å². The molecule has 1 saturated heterocycles. The maximum absolute atomic E-state index is 12.2. The quantitative estimate of drug-likeness (QED) is 0.799. The van der Waals surface area contributed by atoms with E-state index in [1.165, 1.54) is 0 Å². The van der Waals surface area contributed by atoms with Crippen LogP contribution in [0.2, 0.25) is 0 Å². The molecule has 0 unspecified atom stereocenters. The minimum absolute atomic E-state index is 0.105. The van der Waals surface area contributed by atoms with Gasteiger partial charge in [-0.25, -0.2) is 4.79 Å². The van der Waals surface area contributed by atoms with Crippen molar-refractivity contribution in [1.82, 2.24) is 5.32 Å². The predicted molar refractivity (Wildman–Crippen MR) is 99.4 cm³/mol. The molecule has 138 valence electrons. The van der Waals surface area contributed by atoms with Crippen LogP contribution in [-0.4, -0.2) is 38.0 Å². The van der Waals surface area contributed by atoms with Crippen LogP contribution in [0.15, 0.2) is 54.6 Å². The van der Waals surface area contributed by atoms with Crippen LogP contribution in [0.1, 0.15) is 12.5 Å². The van der Waals surface area contributed by atoms with Crippen molar-refractivity contribution >= 4 is 11.7 Å². The normalized spacial score (nSPS) is 19.1. The molecule has 3 rings (SSSR count). The van der Waals surface area contributed by atoms with E-state index in [0.29, 0.717) is 37.9 Å². The van der Waals surface area contributed by atoms with E-state index in [-0.39, 0.29) is 18.2 Å². The van der Waals surface area contributed by atoms with Gasteiger partial charge in [-0.1, -0.05) is 36.4 Å². The fourth-order valence-electron chi connectivity index (χ4n) is 2.79. The molecular weight excluding hydrogens is 332 g/mol. The van der Waals surface area contributed by atoms with Crippen LogP contribution in [0.5, 0.6) is 5.75 Å². The first-order valence-corrected chi connectivity index (χ1v) is 8.78. The van der Waals surface area contributed by atoms with Crippen molar-refractivity contribution in [3.63, 3.8) is 0 Å². The van der Waals surface area contributed by atoms with E-state index in [4.69, 9.17) is 14.2 Å². The number of ether oxygens (including phenoxy) is 3. The minimum Gasteiger partial charge on any atom is -0.489 e. The van der Waals surface area contributed by atoms with Gasteiger partial charge in [0.2, 0.25) is 0 Å². The summed E-state index contributed by atoms with van der Waals surface area (Å²) in [6.07, 6.45) is -0.105. The van der Waals surface area contributed by atoms with Crippen LogP contribution in [0.3, 0.4) is 0 Å². The van der Waals surface area contributed by atoms with Crippen molar-refractivity contribution in [3.8, 4) is 5.75 Å². The Labute approximate surface area is 153 Å². The Morgan fingerprint density at radius 1 is 1.15 bits per heavy atom. The largest absolute Gasteiger partial charge is 0.489 e. The molecule has 0 bridgehead atoms. The standard InChI is InChI=1S/C20H24N2O4/c1-2-25-19-14-24-13-18(19)22-20(23)21-16-9-6-10-17(11-16)26-12-15-7-4-3-5-8-15/h3-11,18-19H,2,12-14H2,1H3,(H2,21,22,23)/t18-,19-/m0/s1. The van der Waals surface area contributed by atoms with E-state index < -0.39 is 0 Å². The third-order valence-corrected chi connectivity index (χ3v) is 4.07. The summed E-state index contributed by atoms with van der Waals surface area (Å²) in [7, 11) is 0. The first-order valence-electron chi connectivity index (χ1n) is 8.78. The second-order valence-corrected chi connectivity index (χ2v) is 6.04. The third-order valence-electron chi connectivity index (χ3n) is 4.07. The summed E-state index contributed by atoms with van der Waals surface area (Å²) in [5.74, 6) is 0.697. The molecule has 0 aromatic heterocycles. The van der Waals surface area contributed by atoms with E-state index in [1.807, 2.05) is 55.5 Å². The first-order chi connectivity index (χ1) is 12.7. The van der Waals surface area contributed by atoms with Gasteiger partial charge in [-0.3, -0.25) is 0 Å². The van der Waals surface area contributed by atoms with E-state index in [2.05, 4.69) is 10.6 Å². The Hall–Kier alpha value is -2.57. The first kappa shape index (κ1) is 18.2. The SMILES string of the molecule is CCO[C@H]1COC[C@@H]1NC(=O)Nc1cccc(OCc2ccccc2)c1. The summed E-state index contributed by atoms with van der Waals surface area (Å²) in [4.78, 5) is 12.2. The number of rotatable bonds is 7. The van der Waals surface area contributed by atoms with Crippen LogP contribution < -0.4 is 15.4 Å². The Morgan fingerprint density at radius 2 is 2.00 bits per heavy atom. The van der Waals surface area contributed by atoms with Crippen LogP contribution in [0, 0.1) is 0 Å². The van der Waals surface area contributed by atoms with Crippen molar-refractivity contribution in [3.05, 3.63) is 60.2 Å². The summed E-state index contributed by atoms with van der Waals surface area (Å²) < 4.78 is 16.7. The Balaban J connectivity index is 1.52.